The molecule has 23 heavy (non-hydrogen) atoms. The summed E-state index contributed by atoms with van der Waals surface area (Å²) in [4.78, 5) is 8.65. The first-order valence-electron chi connectivity index (χ1n) is 7.78. The molecule has 0 N–H and O–H groups in total. The van der Waals surface area contributed by atoms with Crippen molar-refractivity contribution >= 4 is 24.5 Å². The fourth-order valence-electron chi connectivity index (χ4n) is 2.29. The largest absolute Gasteiger partial charge is 0.494 e. The molecule has 1 saturated heterocycles. The Labute approximate surface area is 137 Å². The predicted molar refractivity (Wildman–Crippen MR) is 93.6 cm³/mol. The SMILES string of the molecule is CC1(C)OB(c2ccc(N=Cc3ccccn3)cc2)OC1(C)C. The van der Waals surface area contributed by atoms with Crippen molar-refractivity contribution in [2.24, 2.45) is 4.99 Å². The molecule has 1 aliphatic heterocycles. The Hall–Kier alpha value is -1.98. The van der Waals surface area contributed by atoms with Crippen LogP contribution in [0.2, 0.25) is 0 Å². The van der Waals surface area contributed by atoms with Gasteiger partial charge in [0.05, 0.1) is 28.8 Å². The summed E-state index contributed by atoms with van der Waals surface area (Å²) >= 11 is 0. The third kappa shape index (κ3) is 3.36. The highest BCUT2D eigenvalue weighted by Crippen LogP contribution is 2.36. The first-order valence-corrected chi connectivity index (χ1v) is 7.78. The number of nitrogens with zero attached hydrogens (tertiary/aromatic N) is 2. The lowest BCUT2D eigenvalue weighted by atomic mass is 9.79. The quantitative estimate of drug-likeness (QED) is 0.646. The highest BCUT2D eigenvalue weighted by molar-refractivity contribution is 6.62. The highest BCUT2D eigenvalue weighted by atomic mass is 16.7. The molecular formula is C18H21BN2O2. The van der Waals surface area contributed by atoms with E-state index in [1.54, 1.807) is 12.4 Å². The molecule has 0 bridgehead atoms. The Morgan fingerprint density at radius 3 is 2.17 bits per heavy atom. The van der Waals surface area contributed by atoms with Crippen molar-refractivity contribution in [2.45, 2.75) is 38.9 Å². The summed E-state index contributed by atoms with van der Waals surface area (Å²) < 4.78 is 12.1. The molecule has 2 heterocycles. The van der Waals surface area contributed by atoms with Crippen LogP contribution in [0.4, 0.5) is 5.69 Å². The van der Waals surface area contributed by atoms with Crippen molar-refractivity contribution in [2.75, 3.05) is 0 Å². The molecule has 0 radical (unpaired) electrons. The van der Waals surface area contributed by atoms with Gasteiger partial charge in [-0.15, -0.1) is 0 Å². The fourth-order valence-corrected chi connectivity index (χ4v) is 2.29. The van der Waals surface area contributed by atoms with Crippen LogP contribution < -0.4 is 5.46 Å². The van der Waals surface area contributed by atoms with Crippen LogP contribution in [0, 0.1) is 0 Å². The molecule has 0 unspecified atom stereocenters. The van der Waals surface area contributed by atoms with Gasteiger partial charge < -0.3 is 9.31 Å². The number of pyridine rings is 1. The van der Waals surface area contributed by atoms with Crippen molar-refractivity contribution in [3.05, 3.63) is 54.4 Å². The van der Waals surface area contributed by atoms with Crippen LogP contribution in [-0.4, -0.2) is 29.5 Å². The lowest BCUT2D eigenvalue weighted by Gasteiger charge is -2.32. The molecule has 118 valence electrons. The lowest BCUT2D eigenvalue weighted by Crippen LogP contribution is -2.41. The summed E-state index contributed by atoms with van der Waals surface area (Å²) in [7, 11) is -0.339. The van der Waals surface area contributed by atoms with Crippen LogP contribution in [0.15, 0.2) is 53.7 Å². The van der Waals surface area contributed by atoms with Crippen molar-refractivity contribution in [1.29, 1.82) is 0 Å². The van der Waals surface area contributed by atoms with Crippen LogP contribution in [-0.2, 0) is 9.31 Å². The smallest absolute Gasteiger partial charge is 0.399 e. The van der Waals surface area contributed by atoms with E-state index >= 15 is 0 Å². The molecule has 1 aromatic heterocycles. The molecule has 2 aromatic rings. The van der Waals surface area contributed by atoms with Gasteiger partial charge in [0, 0.05) is 6.20 Å². The molecule has 1 aromatic carbocycles. The van der Waals surface area contributed by atoms with Crippen molar-refractivity contribution < 1.29 is 9.31 Å². The summed E-state index contributed by atoms with van der Waals surface area (Å²) in [6.45, 7) is 8.22. The minimum absolute atomic E-state index is 0.326. The Balaban J connectivity index is 1.72. The summed E-state index contributed by atoms with van der Waals surface area (Å²) in [5.74, 6) is 0. The third-order valence-electron chi connectivity index (χ3n) is 4.45. The molecule has 1 fully saturated rings. The molecule has 0 amide bonds. The van der Waals surface area contributed by atoms with E-state index in [0.717, 1.165) is 16.8 Å². The monoisotopic (exact) mass is 308 g/mol. The van der Waals surface area contributed by atoms with Gasteiger partial charge in [0.15, 0.2) is 0 Å². The second-order valence-corrected chi connectivity index (χ2v) is 6.69. The zero-order chi connectivity index (χ0) is 16.5. The van der Waals surface area contributed by atoms with E-state index in [2.05, 4.69) is 37.7 Å². The molecule has 0 spiro atoms. The summed E-state index contributed by atoms with van der Waals surface area (Å²) in [6, 6.07) is 13.6. The number of rotatable bonds is 3. The molecule has 3 rings (SSSR count). The van der Waals surface area contributed by atoms with Crippen molar-refractivity contribution in [1.82, 2.24) is 4.98 Å². The summed E-state index contributed by atoms with van der Waals surface area (Å²) in [5.41, 5.74) is 2.06. The molecule has 0 aliphatic carbocycles. The predicted octanol–water partition coefficient (Wildman–Crippen LogP) is 3.13. The van der Waals surface area contributed by atoms with Crippen molar-refractivity contribution in [3.63, 3.8) is 0 Å². The topological polar surface area (TPSA) is 43.7 Å². The van der Waals surface area contributed by atoms with Crippen LogP contribution in [0.3, 0.4) is 0 Å². The van der Waals surface area contributed by atoms with Crippen LogP contribution in [0.1, 0.15) is 33.4 Å². The number of benzene rings is 1. The Morgan fingerprint density at radius 2 is 1.61 bits per heavy atom. The number of aromatic nitrogens is 1. The third-order valence-corrected chi connectivity index (χ3v) is 4.45. The minimum atomic E-state index is -0.339. The summed E-state index contributed by atoms with van der Waals surface area (Å²) in [6.07, 6.45) is 3.51. The molecule has 0 atom stereocenters. The maximum absolute atomic E-state index is 6.05. The van der Waals surface area contributed by atoms with E-state index in [-0.39, 0.29) is 18.3 Å². The van der Waals surface area contributed by atoms with E-state index in [9.17, 15) is 0 Å². The lowest BCUT2D eigenvalue weighted by molar-refractivity contribution is 0.00578. The molecule has 0 saturated carbocycles. The van der Waals surface area contributed by atoms with Gasteiger partial charge in [-0.25, -0.2) is 0 Å². The van der Waals surface area contributed by atoms with Gasteiger partial charge in [-0.1, -0.05) is 18.2 Å². The van der Waals surface area contributed by atoms with Crippen molar-refractivity contribution in [3.8, 4) is 0 Å². The highest BCUT2D eigenvalue weighted by Gasteiger charge is 2.51. The summed E-state index contributed by atoms with van der Waals surface area (Å²) in [5, 5.41) is 0. The average molecular weight is 308 g/mol. The van der Waals surface area contributed by atoms with Gasteiger partial charge in [0.2, 0.25) is 0 Å². The van der Waals surface area contributed by atoms with Gasteiger partial charge in [0.25, 0.3) is 0 Å². The van der Waals surface area contributed by atoms with E-state index < -0.39 is 0 Å². The van der Waals surface area contributed by atoms with Gasteiger partial charge in [-0.05, 0) is 57.4 Å². The Morgan fingerprint density at radius 1 is 0.957 bits per heavy atom. The maximum atomic E-state index is 6.05. The Kier molecular flexibility index (Phi) is 4.09. The van der Waals surface area contributed by atoms with Gasteiger partial charge >= 0.3 is 7.12 Å². The average Bonchev–Trinajstić information content (AvgIpc) is 2.75. The zero-order valence-electron chi connectivity index (χ0n) is 14.0. The van der Waals surface area contributed by atoms with Crippen LogP contribution in [0.5, 0.6) is 0 Å². The van der Waals surface area contributed by atoms with Crippen LogP contribution in [0.25, 0.3) is 0 Å². The number of hydrogen-bond acceptors (Lipinski definition) is 4. The van der Waals surface area contributed by atoms with E-state index in [1.165, 1.54) is 0 Å². The standard InChI is InChI=1S/C18H21BN2O2/c1-17(2)18(3,4)23-19(22-17)14-8-10-15(11-9-14)21-13-16-7-5-6-12-20-16/h5-13H,1-4H3. The van der Waals surface area contributed by atoms with E-state index in [0.29, 0.717) is 0 Å². The fraction of sp³-hybridized carbons (Fsp3) is 0.333. The molecule has 5 heteroatoms. The number of hydrogen-bond donors (Lipinski definition) is 0. The van der Waals surface area contributed by atoms with Gasteiger partial charge in [-0.3, -0.25) is 9.98 Å². The van der Waals surface area contributed by atoms with Gasteiger partial charge in [0.1, 0.15) is 0 Å². The normalized spacial score (nSPS) is 19.4. The second kappa shape index (κ2) is 5.91. The Bertz CT molecular complexity index is 681. The van der Waals surface area contributed by atoms with Crippen LogP contribution >= 0.6 is 0 Å². The maximum Gasteiger partial charge on any atom is 0.494 e. The van der Waals surface area contributed by atoms with E-state index in [1.807, 2.05) is 42.5 Å². The molecular weight excluding hydrogens is 287 g/mol. The minimum Gasteiger partial charge on any atom is -0.399 e. The zero-order valence-corrected chi connectivity index (χ0v) is 14.0. The number of aliphatic imine (C=N–C) groups is 1. The molecule has 1 aliphatic rings. The first-order chi connectivity index (χ1) is 10.9. The van der Waals surface area contributed by atoms with Gasteiger partial charge in [-0.2, -0.15) is 0 Å². The van der Waals surface area contributed by atoms with E-state index in [4.69, 9.17) is 9.31 Å². The second-order valence-electron chi connectivity index (χ2n) is 6.69. The molecule has 4 nitrogen and oxygen atoms in total. The first kappa shape index (κ1) is 15.9.